The predicted octanol–water partition coefficient (Wildman–Crippen LogP) is 3.20. The molecule has 0 saturated heterocycles. The van der Waals surface area contributed by atoms with Crippen molar-refractivity contribution in [2.45, 2.75) is 6.18 Å². The number of fused-ring (bicyclic) bond motifs is 1. The molecule has 1 aromatic carbocycles. The van der Waals surface area contributed by atoms with Crippen molar-refractivity contribution in [3.8, 4) is 11.3 Å². The molecule has 0 fully saturated rings. The van der Waals surface area contributed by atoms with Gasteiger partial charge in [0, 0.05) is 24.2 Å². The first-order valence-corrected chi connectivity index (χ1v) is 6.50. The second-order valence-corrected chi connectivity index (χ2v) is 4.70. The summed E-state index contributed by atoms with van der Waals surface area (Å²) in [7, 11) is 1.22. The molecule has 0 spiro atoms. The average molecular weight is 321 g/mol. The largest absolute Gasteiger partial charge is 0.464 e. The molecule has 0 atom stereocenters. The molecule has 0 bridgehead atoms. The van der Waals surface area contributed by atoms with Gasteiger partial charge in [-0.2, -0.15) is 13.2 Å². The van der Waals surface area contributed by atoms with E-state index in [4.69, 9.17) is 0 Å². The predicted molar refractivity (Wildman–Crippen MR) is 74.8 cm³/mol. The van der Waals surface area contributed by atoms with Crippen molar-refractivity contribution in [1.82, 2.24) is 14.4 Å². The Kier molecular flexibility index (Phi) is 3.51. The maximum atomic E-state index is 12.6. The van der Waals surface area contributed by atoms with Gasteiger partial charge in [-0.05, 0) is 12.1 Å². The number of hydrogen-bond donors (Lipinski definition) is 0. The Bertz CT molecular complexity index is 870. The van der Waals surface area contributed by atoms with Crippen molar-refractivity contribution in [3.63, 3.8) is 0 Å². The number of imidazole rings is 1. The molecule has 2 aromatic heterocycles. The van der Waals surface area contributed by atoms with Gasteiger partial charge in [0.25, 0.3) is 0 Å². The highest BCUT2D eigenvalue weighted by Gasteiger charge is 2.30. The quantitative estimate of drug-likeness (QED) is 0.680. The fraction of sp³-hybridized carbons (Fsp3) is 0.133. The molecule has 118 valence electrons. The van der Waals surface area contributed by atoms with Crippen LogP contribution in [0.25, 0.3) is 16.9 Å². The molecule has 0 aliphatic heterocycles. The highest BCUT2D eigenvalue weighted by Crippen LogP contribution is 2.31. The number of methoxy groups -OCH3 is 1. The van der Waals surface area contributed by atoms with Crippen molar-refractivity contribution in [2.75, 3.05) is 7.11 Å². The second kappa shape index (κ2) is 5.38. The number of esters is 1. The normalized spacial score (nSPS) is 11.7. The van der Waals surface area contributed by atoms with Crippen molar-refractivity contribution in [3.05, 3.63) is 54.1 Å². The van der Waals surface area contributed by atoms with Crippen LogP contribution in [0.2, 0.25) is 0 Å². The van der Waals surface area contributed by atoms with E-state index in [1.165, 1.54) is 31.6 Å². The first kappa shape index (κ1) is 15.0. The minimum absolute atomic E-state index is 0.0351. The van der Waals surface area contributed by atoms with E-state index in [0.29, 0.717) is 16.9 Å². The zero-order valence-electron chi connectivity index (χ0n) is 11.8. The van der Waals surface area contributed by atoms with Crippen LogP contribution in [0.4, 0.5) is 13.2 Å². The van der Waals surface area contributed by atoms with Crippen molar-refractivity contribution >= 4 is 11.6 Å². The number of rotatable bonds is 2. The third kappa shape index (κ3) is 2.75. The fourth-order valence-corrected chi connectivity index (χ4v) is 2.15. The summed E-state index contributed by atoms with van der Waals surface area (Å²) in [6.07, 6.45) is 0.146. The number of alkyl halides is 3. The van der Waals surface area contributed by atoms with Crippen LogP contribution in [0.15, 0.2) is 42.9 Å². The smallest absolute Gasteiger partial charge is 0.416 e. The molecule has 3 rings (SSSR count). The number of hydrogen-bond acceptors (Lipinski definition) is 4. The molecular weight excluding hydrogens is 311 g/mol. The monoisotopic (exact) mass is 321 g/mol. The highest BCUT2D eigenvalue weighted by molar-refractivity contribution is 5.89. The highest BCUT2D eigenvalue weighted by atomic mass is 19.4. The number of halogens is 3. The molecule has 3 aromatic rings. The minimum Gasteiger partial charge on any atom is -0.464 e. The van der Waals surface area contributed by atoms with E-state index >= 15 is 0 Å². The maximum absolute atomic E-state index is 12.6. The van der Waals surface area contributed by atoms with Crippen molar-refractivity contribution in [2.24, 2.45) is 0 Å². The number of ether oxygens (including phenoxy) is 1. The van der Waals surface area contributed by atoms with E-state index in [0.717, 1.165) is 12.1 Å². The van der Waals surface area contributed by atoms with Gasteiger partial charge in [-0.25, -0.2) is 14.8 Å². The molecule has 0 aliphatic carbocycles. The third-order valence-electron chi connectivity index (χ3n) is 3.25. The van der Waals surface area contributed by atoms with Crippen LogP contribution in [-0.4, -0.2) is 27.4 Å². The molecule has 0 N–H and O–H groups in total. The van der Waals surface area contributed by atoms with Crippen LogP contribution < -0.4 is 0 Å². The van der Waals surface area contributed by atoms with E-state index in [-0.39, 0.29) is 5.69 Å². The molecule has 0 amide bonds. The Labute approximate surface area is 128 Å². The van der Waals surface area contributed by atoms with Crippen LogP contribution >= 0.6 is 0 Å². The molecule has 0 radical (unpaired) electrons. The summed E-state index contributed by atoms with van der Waals surface area (Å²) in [6.45, 7) is 0. The summed E-state index contributed by atoms with van der Waals surface area (Å²) in [5, 5.41) is 0. The zero-order valence-corrected chi connectivity index (χ0v) is 11.8. The van der Waals surface area contributed by atoms with Crippen LogP contribution in [-0.2, 0) is 10.9 Å². The van der Waals surface area contributed by atoms with Crippen molar-refractivity contribution < 1.29 is 22.7 Å². The lowest BCUT2D eigenvalue weighted by Crippen LogP contribution is -2.08. The number of aromatic nitrogens is 3. The van der Waals surface area contributed by atoms with Crippen LogP contribution in [0, 0.1) is 0 Å². The van der Waals surface area contributed by atoms with Gasteiger partial charge in [-0.1, -0.05) is 12.1 Å². The van der Waals surface area contributed by atoms with Crippen LogP contribution in [0.5, 0.6) is 0 Å². The summed E-state index contributed by atoms with van der Waals surface area (Å²) < 4.78 is 44.1. The molecule has 0 unspecified atom stereocenters. The van der Waals surface area contributed by atoms with Crippen LogP contribution in [0.1, 0.15) is 16.1 Å². The average Bonchev–Trinajstić information content (AvgIpc) is 3.01. The Hall–Kier alpha value is -2.90. The lowest BCUT2D eigenvalue weighted by molar-refractivity contribution is -0.137. The van der Waals surface area contributed by atoms with E-state index in [9.17, 15) is 18.0 Å². The molecular formula is C15H10F3N3O2. The third-order valence-corrected chi connectivity index (χ3v) is 3.25. The van der Waals surface area contributed by atoms with Gasteiger partial charge >= 0.3 is 12.1 Å². The number of carbonyl (C=O) groups is 1. The van der Waals surface area contributed by atoms with E-state index < -0.39 is 17.7 Å². The Balaban J connectivity index is 2.15. The summed E-state index contributed by atoms with van der Waals surface area (Å²) in [5.41, 5.74) is 0.418. The first-order chi connectivity index (χ1) is 10.9. The van der Waals surface area contributed by atoms with Gasteiger partial charge in [0.2, 0.25) is 0 Å². The zero-order chi connectivity index (χ0) is 16.6. The molecule has 8 heteroatoms. The Morgan fingerprint density at radius 3 is 2.52 bits per heavy atom. The standard InChI is InChI=1S/C15H10F3N3O2/c1-23-14(22)11-8-21-7-6-19-13(21)12(20-11)9-2-4-10(5-3-9)15(16,17)18/h2-8H,1H3. The summed E-state index contributed by atoms with van der Waals surface area (Å²) >= 11 is 0. The van der Waals surface area contributed by atoms with Gasteiger partial charge in [-0.15, -0.1) is 0 Å². The van der Waals surface area contributed by atoms with E-state index in [1.807, 2.05) is 0 Å². The lowest BCUT2D eigenvalue weighted by Gasteiger charge is -2.09. The van der Waals surface area contributed by atoms with Gasteiger partial charge in [0.1, 0.15) is 5.69 Å². The number of benzene rings is 1. The Morgan fingerprint density at radius 2 is 1.91 bits per heavy atom. The summed E-state index contributed by atoms with van der Waals surface area (Å²) in [5.74, 6) is -0.645. The second-order valence-electron chi connectivity index (χ2n) is 4.70. The summed E-state index contributed by atoms with van der Waals surface area (Å²) in [4.78, 5) is 20.0. The van der Waals surface area contributed by atoms with Crippen LogP contribution in [0.3, 0.4) is 0 Å². The van der Waals surface area contributed by atoms with Gasteiger partial charge in [0.15, 0.2) is 11.3 Å². The summed E-state index contributed by atoms with van der Waals surface area (Å²) in [6, 6.07) is 4.50. The van der Waals surface area contributed by atoms with Gasteiger partial charge < -0.3 is 9.14 Å². The van der Waals surface area contributed by atoms with E-state index in [1.54, 1.807) is 10.6 Å². The topological polar surface area (TPSA) is 56.5 Å². The van der Waals surface area contributed by atoms with Gasteiger partial charge in [-0.3, -0.25) is 0 Å². The first-order valence-electron chi connectivity index (χ1n) is 6.50. The molecule has 0 saturated carbocycles. The molecule has 23 heavy (non-hydrogen) atoms. The molecule has 5 nitrogen and oxygen atoms in total. The fourth-order valence-electron chi connectivity index (χ4n) is 2.15. The van der Waals surface area contributed by atoms with E-state index in [2.05, 4.69) is 14.7 Å². The maximum Gasteiger partial charge on any atom is 0.416 e. The Morgan fingerprint density at radius 1 is 1.22 bits per heavy atom. The minimum atomic E-state index is -4.41. The number of nitrogens with zero attached hydrogens (tertiary/aromatic N) is 3. The molecule has 2 heterocycles. The lowest BCUT2D eigenvalue weighted by atomic mass is 10.1. The SMILES string of the molecule is COC(=O)c1cn2ccnc2c(-c2ccc(C(F)(F)F)cc2)n1. The van der Waals surface area contributed by atoms with Gasteiger partial charge in [0.05, 0.1) is 12.7 Å². The molecule has 0 aliphatic rings. The van der Waals surface area contributed by atoms with Crippen molar-refractivity contribution in [1.29, 1.82) is 0 Å². The number of carbonyl (C=O) groups excluding carboxylic acids is 1.